The van der Waals surface area contributed by atoms with E-state index >= 15 is 0 Å². The van der Waals surface area contributed by atoms with Gasteiger partial charge in [0.05, 0.1) is 0 Å². The van der Waals surface area contributed by atoms with Crippen LogP contribution in [0.1, 0.15) is 58.8 Å². The first-order valence-electron chi connectivity index (χ1n) is 6.37. The third-order valence-electron chi connectivity index (χ3n) is 2.62. The molecule has 102 valence electrons. The summed E-state index contributed by atoms with van der Waals surface area (Å²) in [5.41, 5.74) is 0. The molecule has 17 heavy (non-hydrogen) atoms. The number of carbonyl (C=O) groups excluding carboxylic acids is 1. The lowest BCUT2D eigenvalue weighted by Crippen LogP contribution is -2.04. The van der Waals surface area contributed by atoms with E-state index in [1.54, 1.807) is 0 Å². The molecule has 0 aliphatic rings. The van der Waals surface area contributed by atoms with Gasteiger partial charge in [0.2, 0.25) is 0 Å². The van der Waals surface area contributed by atoms with Crippen LogP contribution < -0.4 is 0 Å². The third-order valence-corrected chi connectivity index (χ3v) is 3.38. The largest absolute Gasteiger partial charge is 0.332 e. The highest BCUT2D eigenvalue weighted by atomic mass is 31.2. The number of hydrogen-bond donors (Lipinski definition) is 2. The van der Waals surface area contributed by atoms with E-state index in [-0.39, 0.29) is 5.78 Å². The zero-order chi connectivity index (χ0) is 13.3. The third kappa shape index (κ3) is 13.8. The number of unbranched alkanes of at least 4 members (excludes halogenated alkanes) is 4. The summed E-state index contributed by atoms with van der Waals surface area (Å²) in [5, 5.41) is 0. The normalized spacial score (nSPS) is 12.1. The molecule has 0 heterocycles. The van der Waals surface area contributed by atoms with Crippen LogP contribution in [0.2, 0.25) is 0 Å². The van der Waals surface area contributed by atoms with Crippen LogP contribution >= 0.6 is 7.60 Å². The summed E-state index contributed by atoms with van der Waals surface area (Å²) in [7, 11) is -4.15. The van der Waals surface area contributed by atoms with Crippen molar-refractivity contribution in [3.63, 3.8) is 0 Å². The minimum absolute atomic E-state index is 0.301. The van der Waals surface area contributed by atoms with Crippen LogP contribution in [0.3, 0.4) is 0 Å². The predicted octanol–water partition coefficient (Wildman–Crippen LogP) is 3.12. The minimum Gasteiger partial charge on any atom is -0.324 e. The molecule has 0 saturated heterocycles. The molecule has 0 aromatic rings. The van der Waals surface area contributed by atoms with Gasteiger partial charge in [0.15, 0.2) is 0 Å². The number of Topliss-reactive ketones (excluding diaryl/α,β-unsaturated/α-hetero) is 1. The Morgan fingerprint density at radius 2 is 1.59 bits per heavy atom. The van der Waals surface area contributed by atoms with Gasteiger partial charge in [-0.15, -0.1) is 0 Å². The summed E-state index contributed by atoms with van der Waals surface area (Å²) in [6.07, 6.45) is 6.20. The Morgan fingerprint density at radius 1 is 1.06 bits per heavy atom. The lowest BCUT2D eigenvalue weighted by molar-refractivity contribution is -0.117. The van der Waals surface area contributed by atoms with E-state index in [0.29, 0.717) is 6.42 Å². The standard InChI is InChI=1S/C12H25O4P/c1-11(2)8-6-4-3-5-7-9-12(13)10-17(14,15)16/h11H,3-10H2,1-2H3,(H2,14,15,16). The van der Waals surface area contributed by atoms with Crippen LogP contribution in [-0.4, -0.2) is 21.7 Å². The summed E-state index contributed by atoms with van der Waals surface area (Å²) < 4.78 is 10.6. The van der Waals surface area contributed by atoms with Crippen LogP contribution in [0, 0.1) is 5.92 Å². The van der Waals surface area contributed by atoms with E-state index in [9.17, 15) is 9.36 Å². The fourth-order valence-corrected chi connectivity index (χ4v) is 2.33. The van der Waals surface area contributed by atoms with Crippen LogP contribution in [0.4, 0.5) is 0 Å². The molecule has 5 heteroatoms. The van der Waals surface area contributed by atoms with Gasteiger partial charge >= 0.3 is 7.60 Å². The van der Waals surface area contributed by atoms with Gasteiger partial charge in [-0.3, -0.25) is 9.36 Å². The molecule has 0 bridgehead atoms. The molecule has 0 amide bonds. The van der Waals surface area contributed by atoms with E-state index < -0.39 is 13.8 Å². The van der Waals surface area contributed by atoms with Crippen molar-refractivity contribution in [3.05, 3.63) is 0 Å². The summed E-state index contributed by atoms with van der Waals surface area (Å²) >= 11 is 0. The first-order chi connectivity index (χ1) is 7.81. The van der Waals surface area contributed by atoms with Crippen molar-refractivity contribution >= 4 is 13.4 Å². The summed E-state index contributed by atoms with van der Waals surface area (Å²) in [6.45, 7) is 4.42. The molecule has 0 atom stereocenters. The van der Waals surface area contributed by atoms with Gasteiger partial charge in [-0.1, -0.05) is 46.0 Å². The second-order valence-electron chi connectivity index (χ2n) is 5.06. The first-order valence-corrected chi connectivity index (χ1v) is 8.17. The van der Waals surface area contributed by atoms with Crippen LogP contribution in [-0.2, 0) is 9.36 Å². The molecule has 0 rings (SSSR count). The molecule has 0 fully saturated rings. The topological polar surface area (TPSA) is 74.6 Å². The van der Waals surface area contributed by atoms with E-state index in [2.05, 4.69) is 13.8 Å². The Kier molecular flexibility index (Phi) is 8.75. The van der Waals surface area contributed by atoms with Gasteiger partial charge in [0.1, 0.15) is 11.9 Å². The predicted molar refractivity (Wildman–Crippen MR) is 69.1 cm³/mol. The molecule has 0 aromatic carbocycles. The van der Waals surface area contributed by atoms with Gasteiger partial charge in [-0.25, -0.2) is 0 Å². The number of carbonyl (C=O) groups is 1. The van der Waals surface area contributed by atoms with Gasteiger partial charge in [0.25, 0.3) is 0 Å². The molecule has 0 aliphatic heterocycles. The summed E-state index contributed by atoms with van der Waals surface area (Å²) in [4.78, 5) is 28.4. The molecule has 0 spiro atoms. The van der Waals surface area contributed by atoms with Gasteiger partial charge in [0, 0.05) is 6.42 Å². The average Bonchev–Trinajstić information content (AvgIpc) is 2.12. The SMILES string of the molecule is CC(C)CCCCCCCC(=O)CP(=O)(O)O. The zero-order valence-corrected chi connectivity index (χ0v) is 11.8. The van der Waals surface area contributed by atoms with Crippen molar-refractivity contribution in [1.82, 2.24) is 0 Å². The molecule has 0 radical (unpaired) electrons. The monoisotopic (exact) mass is 264 g/mol. The fourth-order valence-electron chi connectivity index (χ4n) is 1.71. The maximum atomic E-state index is 11.1. The van der Waals surface area contributed by atoms with Crippen molar-refractivity contribution in [2.45, 2.75) is 58.8 Å². The highest BCUT2D eigenvalue weighted by Crippen LogP contribution is 2.34. The van der Waals surface area contributed by atoms with E-state index in [0.717, 1.165) is 25.2 Å². The van der Waals surface area contributed by atoms with E-state index in [4.69, 9.17) is 9.79 Å². The Morgan fingerprint density at radius 3 is 2.12 bits per heavy atom. The highest BCUT2D eigenvalue weighted by Gasteiger charge is 2.18. The molecule has 2 N–H and O–H groups in total. The average molecular weight is 264 g/mol. The molecule has 0 aromatic heterocycles. The number of rotatable bonds is 10. The molecule has 0 unspecified atom stereocenters. The first kappa shape index (κ1) is 16.8. The molecule has 0 aliphatic carbocycles. The Labute approximate surface area is 104 Å². The van der Waals surface area contributed by atoms with E-state index in [1.807, 2.05) is 0 Å². The van der Waals surface area contributed by atoms with Gasteiger partial charge in [-0.2, -0.15) is 0 Å². The Balaban J connectivity index is 3.34. The van der Waals surface area contributed by atoms with Crippen molar-refractivity contribution in [1.29, 1.82) is 0 Å². The summed E-state index contributed by atoms with van der Waals surface area (Å²) in [5.74, 6) is 0.431. The minimum atomic E-state index is -4.15. The van der Waals surface area contributed by atoms with Gasteiger partial charge < -0.3 is 9.79 Å². The smallest absolute Gasteiger partial charge is 0.324 e. The quantitative estimate of drug-likeness (QED) is 0.469. The molecular weight excluding hydrogens is 239 g/mol. The summed E-state index contributed by atoms with van der Waals surface area (Å²) in [6, 6.07) is 0. The Hall–Kier alpha value is -0.180. The molecular formula is C12H25O4P. The van der Waals surface area contributed by atoms with Crippen molar-refractivity contribution in [2.24, 2.45) is 5.92 Å². The lowest BCUT2D eigenvalue weighted by Gasteiger charge is -2.05. The second-order valence-corrected chi connectivity index (χ2v) is 6.71. The number of ketones is 1. The van der Waals surface area contributed by atoms with Gasteiger partial charge in [-0.05, 0) is 12.3 Å². The van der Waals surface area contributed by atoms with Crippen molar-refractivity contribution in [2.75, 3.05) is 6.16 Å². The highest BCUT2D eigenvalue weighted by molar-refractivity contribution is 7.52. The van der Waals surface area contributed by atoms with Crippen molar-refractivity contribution in [3.8, 4) is 0 Å². The maximum absolute atomic E-state index is 11.1. The molecule has 4 nitrogen and oxygen atoms in total. The van der Waals surface area contributed by atoms with Crippen LogP contribution in [0.15, 0.2) is 0 Å². The fraction of sp³-hybridized carbons (Fsp3) is 0.917. The van der Waals surface area contributed by atoms with E-state index in [1.165, 1.54) is 19.3 Å². The number of hydrogen-bond acceptors (Lipinski definition) is 2. The lowest BCUT2D eigenvalue weighted by atomic mass is 10.0. The second kappa shape index (κ2) is 8.84. The Bertz CT molecular complexity index is 257. The van der Waals surface area contributed by atoms with Crippen LogP contribution in [0.25, 0.3) is 0 Å². The maximum Gasteiger partial charge on any atom is 0.332 e. The van der Waals surface area contributed by atoms with Crippen molar-refractivity contribution < 1.29 is 19.1 Å². The van der Waals surface area contributed by atoms with Crippen LogP contribution in [0.5, 0.6) is 0 Å². The zero-order valence-electron chi connectivity index (χ0n) is 10.9. The molecule has 0 saturated carbocycles.